The van der Waals surface area contributed by atoms with E-state index in [2.05, 4.69) is 24.2 Å². The third-order valence-electron chi connectivity index (χ3n) is 4.72. The number of H-pyrrole nitrogens is 1. The Kier molecular flexibility index (Phi) is 4.57. The molecule has 0 aromatic carbocycles. The van der Waals surface area contributed by atoms with E-state index in [4.69, 9.17) is 4.74 Å². The van der Waals surface area contributed by atoms with Gasteiger partial charge in [-0.3, -0.25) is 0 Å². The number of aromatic nitrogens is 5. The molecule has 0 atom stereocenters. The van der Waals surface area contributed by atoms with Crippen LogP contribution in [-0.2, 0) is 6.54 Å². The van der Waals surface area contributed by atoms with Crippen molar-refractivity contribution in [1.29, 1.82) is 0 Å². The molecule has 0 saturated heterocycles. The standard InChI is InChI=1S/C18H13F4N5O2S/c19-14(20)13-11(17-27(25-13)5-2-6-28-17)12-10(8-3-1-4-23-15(8)24-12)9-7-30-26-16(9)29-18(21)22/h1,3-4,7,14,18H,2,5-6H2,(H,23,24). The predicted molar refractivity (Wildman–Crippen MR) is 100 cm³/mol. The third-order valence-corrected chi connectivity index (χ3v) is 5.33. The van der Waals surface area contributed by atoms with E-state index in [1.165, 1.54) is 16.3 Å². The fourth-order valence-electron chi connectivity index (χ4n) is 3.58. The summed E-state index contributed by atoms with van der Waals surface area (Å²) in [6, 6.07) is 3.37. The van der Waals surface area contributed by atoms with Crippen molar-refractivity contribution in [2.24, 2.45) is 0 Å². The molecule has 4 aromatic rings. The highest BCUT2D eigenvalue weighted by Gasteiger charge is 2.33. The molecule has 4 aromatic heterocycles. The van der Waals surface area contributed by atoms with Crippen LogP contribution in [0.15, 0.2) is 23.7 Å². The second kappa shape index (κ2) is 7.27. The lowest BCUT2D eigenvalue weighted by molar-refractivity contribution is -0.0518. The number of halogens is 4. The number of aromatic amines is 1. The first kappa shape index (κ1) is 18.9. The van der Waals surface area contributed by atoms with E-state index in [9.17, 15) is 17.6 Å². The monoisotopic (exact) mass is 439 g/mol. The van der Waals surface area contributed by atoms with Crippen LogP contribution in [0.4, 0.5) is 17.6 Å². The molecule has 0 radical (unpaired) electrons. The number of nitrogens with zero attached hydrogens (tertiary/aromatic N) is 4. The van der Waals surface area contributed by atoms with Crippen LogP contribution in [-0.4, -0.2) is 37.3 Å². The average molecular weight is 439 g/mol. The number of rotatable bonds is 5. The van der Waals surface area contributed by atoms with E-state index in [0.29, 0.717) is 36.2 Å². The van der Waals surface area contributed by atoms with Gasteiger partial charge in [-0.25, -0.2) is 18.4 Å². The van der Waals surface area contributed by atoms with E-state index in [1.54, 1.807) is 12.1 Å². The molecule has 12 heteroatoms. The first-order chi connectivity index (χ1) is 14.5. The highest BCUT2D eigenvalue weighted by atomic mass is 32.1. The molecular weight excluding hydrogens is 426 g/mol. The minimum absolute atomic E-state index is 0.0758. The van der Waals surface area contributed by atoms with E-state index in [0.717, 1.165) is 11.5 Å². The van der Waals surface area contributed by atoms with Crippen molar-refractivity contribution in [3.8, 4) is 34.1 Å². The molecule has 156 valence electrons. The molecule has 0 unspecified atom stereocenters. The van der Waals surface area contributed by atoms with Crippen LogP contribution in [0, 0.1) is 0 Å². The topological polar surface area (TPSA) is 77.9 Å². The molecule has 5 heterocycles. The normalized spacial score (nSPS) is 13.8. The SMILES string of the molecule is FC(F)Oc1nscc1-c1c(-c2c(C(F)F)nn3c2OCCC3)[nH]c2ncccc12. The number of pyridine rings is 1. The van der Waals surface area contributed by atoms with Crippen molar-refractivity contribution in [2.45, 2.75) is 26.0 Å². The molecule has 0 fully saturated rings. The van der Waals surface area contributed by atoms with Crippen molar-refractivity contribution in [1.82, 2.24) is 24.1 Å². The van der Waals surface area contributed by atoms with Gasteiger partial charge in [-0.1, -0.05) is 0 Å². The van der Waals surface area contributed by atoms with Gasteiger partial charge in [0.2, 0.25) is 11.8 Å². The third kappa shape index (κ3) is 2.98. The second-order valence-corrected chi connectivity index (χ2v) is 7.11. The quantitative estimate of drug-likeness (QED) is 0.449. The van der Waals surface area contributed by atoms with E-state index < -0.39 is 18.7 Å². The van der Waals surface area contributed by atoms with Gasteiger partial charge in [0.25, 0.3) is 6.43 Å². The predicted octanol–water partition coefficient (Wildman–Crippen LogP) is 4.87. The minimum Gasteiger partial charge on any atom is -0.477 e. The fraction of sp³-hybridized carbons (Fsp3) is 0.278. The molecule has 7 nitrogen and oxygen atoms in total. The van der Waals surface area contributed by atoms with Crippen LogP contribution in [0.2, 0.25) is 0 Å². The summed E-state index contributed by atoms with van der Waals surface area (Å²) in [6.07, 6.45) is -0.697. The molecule has 30 heavy (non-hydrogen) atoms. The summed E-state index contributed by atoms with van der Waals surface area (Å²) < 4.78 is 69.1. The number of nitrogens with one attached hydrogen (secondary N) is 1. The van der Waals surface area contributed by atoms with Gasteiger partial charge >= 0.3 is 6.61 Å². The second-order valence-electron chi connectivity index (χ2n) is 6.48. The lowest BCUT2D eigenvalue weighted by Gasteiger charge is -2.16. The summed E-state index contributed by atoms with van der Waals surface area (Å²) in [5.41, 5.74) is 0.861. The molecule has 0 amide bonds. The molecule has 1 aliphatic heterocycles. The van der Waals surface area contributed by atoms with Crippen molar-refractivity contribution in [3.63, 3.8) is 0 Å². The van der Waals surface area contributed by atoms with Gasteiger partial charge in [0, 0.05) is 35.5 Å². The largest absolute Gasteiger partial charge is 0.477 e. The van der Waals surface area contributed by atoms with Crippen LogP contribution >= 0.6 is 11.5 Å². The van der Waals surface area contributed by atoms with Crippen molar-refractivity contribution >= 4 is 22.6 Å². The maximum absolute atomic E-state index is 13.9. The molecule has 0 spiro atoms. The Morgan fingerprint density at radius 2 is 2.10 bits per heavy atom. The van der Waals surface area contributed by atoms with Gasteiger partial charge in [-0.15, -0.1) is 0 Å². The van der Waals surface area contributed by atoms with Crippen LogP contribution in [0.25, 0.3) is 33.4 Å². The Morgan fingerprint density at radius 3 is 2.90 bits per heavy atom. The Hall–Kier alpha value is -3.15. The van der Waals surface area contributed by atoms with Gasteiger partial charge in [-0.2, -0.15) is 18.3 Å². The zero-order valence-electron chi connectivity index (χ0n) is 15.1. The number of alkyl halides is 4. The summed E-state index contributed by atoms with van der Waals surface area (Å²) in [5.74, 6) is -0.0922. The molecule has 1 aliphatic rings. The zero-order valence-corrected chi connectivity index (χ0v) is 15.9. The van der Waals surface area contributed by atoms with E-state index in [-0.39, 0.29) is 28.6 Å². The zero-order chi connectivity index (χ0) is 20.8. The summed E-state index contributed by atoms with van der Waals surface area (Å²) in [7, 11) is 0. The van der Waals surface area contributed by atoms with Gasteiger partial charge in [0.15, 0.2) is 0 Å². The molecule has 5 rings (SSSR count). The maximum Gasteiger partial charge on any atom is 0.388 e. The van der Waals surface area contributed by atoms with Crippen molar-refractivity contribution in [2.75, 3.05) is 6.61 Å². The molecular formula is C18H13F4N5O2S. The molecule has 1 N–H and O–H groups in total. The first-order valence-electron chi connectivity index (χ1n) is 8.93. The van der Waals surface area contributed by atoms with Crippen molar-refractivity contribution < 1.29 is 27.0 Å². The van der Waals surface area contributed by atoms with Crippen LogP contribution in [0.1, 0.15) is 18.5 Å². The lowest BCUT2D eigenvalue weighted by atomic mass is 10.0. The fourth-order valence-corrected chi connectivity index (χ4v) is 4.20. The highest BCUT2D eigenvalue weighted by molar-refractivity contribution is 7.04. The Morgan fingerprint density at radius 1 is 1.23 bits per heavy atom. The number of fused-ring (bicyclic) bond motifs is 2. The Bertz CT molecular complexity index is 1220. The lowest BCUT2D eigenvalue weighted by Crippen LogP contribution is -2.15. The maximum atomic E-state index is 13.9. The molecule has 0 saturated carbocycles. The summed E-state index contributed by atoms with van der Waals surface area (Å²) in [4.78, 5) is 7.28. The van der Waals surface area contributed by atoms with E-state index in [1.807, 2.05) is 0 Å². The average Bonchev–Trinajstić information content (AvgIpc) is 3.41. The number of hydrogen-bond acceptors (Lipinski definition) is 6. The Labute approximate surface area is 170 Å². The first-order valence-corrected chi connectivity index (χ1v) is 9.76. The molecule has 0 bridgehead atoms. The number of hydrogen-bond donors (Lipinski definition) is 1. The molecule has 0 aliphatic carbocycles. The van der Waals surface area contributed by atoms with Crippen LogP contribution in [0.3, 0.4) is 0 Å². The Balaban J connectivity index is 1.82. The summed E-state index contributed by atoms with van der Waals surface area (Å²) in [5, 5.41) is 6.09. The van der Waals surface area contributed by atoms with Gasteiger partial charge in [0.1, 0.15) is 11.3 Å². The highest BCUT2D eigenvalue weighted by Crippen LogP contribution is 2.48. The van der Waals surface area contributed by atoms with Gasteiger partial charge in [0.05, 0.1) is 23.4 Å². The summed E-state index contributed by atoms with van der Waals surface area (Å²) in [6.45, 7) is -2.29. The van der Waals surface area contributed by atoms with Crippen LogP contribution in [0.5, 0.6) is 11.8 Å². The smallest absolute Gasteiger partial charge is 0.388 e. The van der Waals surface area contributed by atoms with Crippen LogP contribution < -0.4 is 9.47 Å². The minimum atomic E-state index is -3.08. The number of ether oxygens (including phenoxy) is 2. The summed E-state index contributed by atoms with van der Waals surface area (Å²) >= 11 is 0.917. The number of aryl methyl sites for hydroxylation is 1. The van der Waals surface area contributed by atoms with Gasteiger partial charge < -0.3 is 14.5 Å². The van der Waals surface area contributed by atoms with Gasteiger partial charge in [-0.05, 0) is 23.7 Å². The van der Waals surface area contributed by atoms with Crippen molar-refractivity contribution in [3.05, 3.63) is 29.4 Å². The van der Waals surface area contributed by atoms with E-state index >= 15 is 0 Å².